The van der Waals surface area contributed by atoms with Gasteiger partial charge in [-0.05, 0) is 73.7 Å². The van der Waals surface area contributed by atoms with Crippen LogP contribution in [0.1, 0.15) is 15.9 Å². The van der Waals surface area contributed by atoms with Crippen LogP contribution in [0.2, 0.25) is 0 Å². The topological polar surface area (TPSA) is 116 Å². The van der Waals surface area contributed by atoms with Gasteiger partial charge in [0.1, 0.15) is 5.69 Å². The third-order valence-corrected chi connectivity index (χ3v) is 5.35. The molecule has 1 heterocycles. The van der Waals surface area contributed by atoms with Gasteiger partial charge in [-0.1, -0.05) is 30.3 Å². The molecule has 0 aliphatic rings. The van der Waals surface area contributed by atoms with E-state index in [1.807, 2.05) is 31.2 Å². The fraction of sp³-hybridized carbons (Fsp3) is 0.0357. The van der Waals surface area contributed by atoms with Gasteiger partial charge in [0.2, 0.25) is 5.91 Å². The van der Waals surface area contributed by atoms with Crippen molar-refractivity contribution in [2.75, 3.05) is 21.0 Å². The van der Waals surface area contributed by atoms with E-state index in [-0.39, 0.29) is 11.8 Å². The van der Waals surface area contributed by atoms with Crippen LogP contribution in [0.15, 0.2) is 109 Å². The van der Waals surface area contributed by atoms with Crippen molar-refractivity contribution in [3.05, 3.63) is 120 Å². The monoisotopic (exact) mass is 492 g/mol. The lowest BCUT2D eigenvalue weighted by Crippen LogP contribution is -2.13. The Hall–Kier alpha value is -5.31. The molecule has 9 heteroatoms. The van der Waals surface area contributed by atoms with Gasteiger partial charge in [-0.15, -0.1) is 4.91 Å². The Morgan fingerprint density at radius 2 is 1.68 bits per heavy atom. The zero-order valence-corrected chi connectivity index (χ0v) is 20.0. The maximum atomic E-state index is 12.5. The molecule has 0 atom stereocenters. The highest BCUT2D eigenvalue weighted by Gasteiger charge is 2.16. The Labute approximate surface area is 213 Å². The summed E-state index contributed by atoms with van der Waals surface area (Å²) in [5.41, 5.74) is 4.83. The van der Waals surface area contributed by atoms with Gasteiger partial charge in [-0.3, -0.25) is 14.6 Å². The molecule has 0 saturated heterocycles. The van der Waals surface area contributed by atoms with E-state index in [1.165, 1.54) is 17.3 Å². The molecular weight excluding hydrogens is 468 g/mol. The zero-order chi connectivity index (χ0) is 26.2. The van der Waals surface area contributed by atoms with Crippen LogP contribution in [0.5, 0.6) is 0 Å². The van der Waals surface area contributed by atoms with E-state index in [2.05, 4.69) is 32.8 Å². The summed E-state index contributed by atoms with van der Waals surface area (Å²) >= 11 is 0. The molecular formula is C28H24N6O3. The molecule has 3 N–H and O–H groups in total. The molecule has 184 valence electrons. The van der Waals surface area contributed by atoms with Crippen LogP contribution in [-0.2, 0) is 4.79 Å². The van der Waals surface area contributed by atoms with Crippen LogP contribution in [0.4, 0.5) is 34.1 Å². The molecule has 0 aliphatic carbocycles. The predicted octanol–water partition coefficient (Wildman–Crippen LogP) is 6.33. The largest absolute Gasteiger partial charge is 0.354 e. The first-order valence-electron chi connectivity index (χ1n) is 11.3. The standard InChI is InChI=1S/C28H24N6O3/c1-3-27(35)31-23-9-5-8-22(17-23)30-25-14-15-29-18-26(25)34(33-37)24-12-10-21(11-13-24)32-28(36)20-7-4-6-19(2)16-20/h3-18H,1H2,2H3,(H,29,30)(H,31,35)(H,32,36). The van der Waals surface area contributed by atoms with Crippen LogP contribution in [0.3, 0.4) is 0 Å². The number of pyridine rings is 1. The minimum absolute atomic E-state index is 0.230. The van der Waals surface area contributed by atoms with Crippen molar-refractivity contribution < 1.29 is 9.59 Å². The maximum absolute atomic E-state index is 12.5. The summed E-state index contributed by atoms with van der Waals surface area (Å²) in [6, 6.07) is 22.8. The molecule has 4 rings (SSSR count). The van der Waals surface area contributed by atoms with E-state index < -0.39 is 0 Å². The summed E-state index contributed by atoms with van der Waals surface area (Å²) in [4.78, 5) is 40.2. The van der Waals surface area contributed by atoms with Crippen molar-refractivity contribution in [1.29, 1.82) is 0 Å². The molecule has 0 bridgehead atoms. The fourth-order valence-electron chi connectivity index (χ4n) is 3.59. The molecule has 9 nitrogen and oxygen atoms in total. The number of anilines is 6. The van der Waals surface area contributed by atoms with Crippen molar-refractivity contribution in [2.24, 2.45) is 5.29 Å². The quantitative estimate of drug-likeness (QED) is 0.143. The molecule has 4 aromatic rings. The summed E-state index contributed by atoms with van der Waals surface area (Å²) in [6.07, 6.45) is 4.29. The number of rotatable bonds is 9. The third-order valence-electron chi connectivity index (χ3n) is 5.35. The molecule has 0 aliphatic heterocycles. The summed E-state index contributed by atoms with van der Waals surface area (Å²) in [7, 11) is 0. The Morgan fingerprint density at radius 1 is 0.919 bits per heavy atom. The molecule has 1 aromatic heterocycles. The highest BCUT2D eigenvalue weighted by Crippen LogP contribution is 2.34. The maximum Gasteiger partial charge on any atom is 0.255 e. The molecule has 0 spiro atoms. The number of nitroso groups, excluding NO2 is 1. The van der Waals surface area contributed by atoms with Crippen molar-refractivity contribution in [2.45, 2.75) is 6.92 Å². The summed E-state index contributed by atoms with van der Waals surface area (Å²) in [5, 5.41) is 13.2. The number of nitrogens with one attached hydrogen (secondary N) is 3. The number of aromatic nitrogens is 1. The fourth-order valence-corrected chi connectivity index (χ4v) is 3.59. The number of amides is 2. The number of aryl methyl sites for hydroxylation is 1. The molecule has 37 heavy (non-hydrogen) atoms. The lowest BCUT2D eigenvalue weighted by molar-refractivity contribution is -0.111. The van der Waals surface area contributed by atoms with Gasteiger partial charge in [-0.2, -0.15) is 5.01 Å². The number of nitrogens with zero attached hydrogens (tertiary/aromatic N) is 3. The molecule has 0 fully saturated rings. The summed E-state index contributed by atoms with van der Waals surface area (Å²) in [5.74, 6) is -0.552. The first-order chi connectivity index (χ1) is 18.0. The van der Waals surface area contributed by atoms with Gasteiger partial charge in [0.25, 0.3) is 5.91 Å². The number of hydrogen-bond donors (Lipinski definition) is 3. The number of carbonyl (C=O) groups excluding carboxylic acids is 2. The first-order valence-corrected chi connectivity index (χ1v) is 11.3. The highest BCUT2D eigenvalue weighted by molar-refractivity contribution is 6.04. The van der Waals surface area contributed by atoms with Crippen LogP contribution >= 0.6 is 0 Å². The smallest absolute Gasteiger partial charge is 0.255 e. The second-order valence-corrected chi connectivity index (χ2v) is 8.06. The second-order valence-electron chi connectivity index (χ2n) is 8.06. The van der Waals surface area contributed by atoms with E-state index in [4.69, 9.17) is 0 Å². The van der Waals surface area contributed by atoms with E-state index in [9.17, 15) is 14.5 Å². The summed E-state index contributed by atoms with van der Waals surface area (Å²) in [6.45, 7) is 5.37. The van der Waals surface area contributed by atoms with Crippen LogP contribution in [0.25, 0.3) is 0 Å². The van der Waals surface area contributed by atoms with E-state index in [0.29, 0.717) is 39.7 Å². The molecule has 0 radical (unpaired) electrons. The lowest BCUT2D eigenvalue weighted by atomic mass is 10.1. The van der Waals surface area contributed by atoms with Crippen molar-refractivity contribution in [3.63, 3.8) is 0 Å². The van der Waals surface area contributed by atoms with Gasteiger partial charge in [-0.25, -0.2) is 0 Å². The Bertz CT molecular complexity index is 1450. The number of benzene rings is 3. The minimum Gasteiger partial charge on any atom is -0.354 e. The average Bonchev–Trinajstić information content (AvgIpc) is 2.91. The first kappa shape index (κ1) is 24.8. The van der Waals surface area contributed by atoms with Gasteiger partial charge in [0, 0.05) is 28.8 Å². The zero-order valence-electron chi connectivity index (χ0n) is 20.0. The molecule has 0 saturated carbocycles. The van der Waals surface area contributed by atoms with Gasteiger partial charge in [0.15, 0.2) is 0 Å². The van der Waals surface area contributed by atoms with Gasteiger partial charge < -0.3 is 16.0 Å². The second kappa shape index (κ2) is 11.4. The Kier molecular flexibility index (Phi) is 7.65. The molecule has 3 aromatic carbocycles. The van der Waals surface area contributed by atoms with E-state index in [0.717, 1.165) is 5.56 Å². The average molecular weight is 493 g/mol. The highest BCUT2D eigenvalue weighted by atomic mass is 16.3. The lowest BCUT2D eigenvalue weighted by Gasteiger charge is -2.20. The number of carbonyl (C=O) groups is 2. The van der Waals surface area contributed by atoms with Crippen molar-refractivity contribution in [3.8, 4) is 0 Å². The normalized spacial score (nSPS) is 10.2. The van der Waals surface area contributed by atoms with Crippen molar-refractivity contribution in [1.82, 2.24) is 4.98 Å². The Balaban J connectivity index is 1.53. The predicted molar refractivity (Wildman–Crippen MR) is 146 cm³/mol. The third kappa shape index (κ3) is 6.23. The number of hydrogen-bond acceptors (Lipinski definition) is 6. The van der Waals surface area contributed by atoms with E-state index in [1.54, 1.807) is 60.8 Å². The van der Waals surface area contributed by atoms with Crippen LogP contribution in [-0.4, -0.2) is 16.8 Å². The van der Waals surface area contributed by atoms with Gasteiger partial charge >= 0.3 is 0 Å². The van der Waals surface area contributed by atoms with E-state index >= 15 is 0 Å². The molecule has 0 unspecified atom stereocenters. The summed E-state index contributed by atoms with van der Waals surface area (Å²) < 4.78 is 0. The van der Waals surface area contributed by atoms with Crippen LogP contribution in [0, 0.1) is 11.8 Å². The minimum atomic E-state index is -0.323. The SMILES string of the molecule is C=CC(=O)Nc1cccc(Nc2ccncc2N(N=O)c2ccc(NC(=O)c3cccc(C)c3)cc2)c1. The molecule has 2 amide bonds. The van der Waals surface area contributed by atoms with Crippen molar-refractivity contribution >= 4 is 45.9 Å². The van der Waals surface area contributed by atoms with Crippen LogP contribution < -0.4 is 21.0 Å². The Morgan fingerprint density at radius 3 is 2.41 bits per heavy atom. The van der Waals surface area contributed by atoms with Gasteiger partial charge in [0.05, 0.1) is 22.9 Å².